The molecule has 3 aromatic carbocycles. The van der Waals surface area contributed by atoms with E-state index in [1.165, 1.54) is 54.6 Å². The first kappa shape index (κ1) is 118. The van der Waals surface area contributed by atoms with E-state index in [0.29, 0.717) is 0 Å². The van der Waals surface area contributed by atoms with Gasteiger partial charge < -0.3 is 225 Å². The number of carbonyl (C=O) groups excluding carboxylic acids is 11. The van der Waals surface area contributed by atoms with E-state index in [0.717, 1.165) is 7.11 Å². The lowest BCUT2D eigenvalue weighted by atomic mass is 9.99. The molecular weight excluding hydrogens is 1910 g/mol. The van der Waals surface area contributed by atoms with Gasteiger partial charge in [-0.15, -0.1) is 0 Å². The molecule has 7 rings (SSSR count). The number of hydrogen-bond donors (Lipinski definition) is 26. The lowest BCUT2D eigenvalue weighted by Crippen LogP contribution is -2.59. The summed E-state index contributed by atoms with van der Waals surface area (Å²) in [6.45, 7) is -8.69. The Bertz CT molecular complexity index is 3880. The zero-order valence-electron chi connectivity index (χ0n) is 77.6. The van der Waals surface area contributed by atoms with E-state index in [2.05, 4.69) is 53.2 Å². The van der Waals surface area contributed by atoms with Crippen LogP contribution in [0.2, 0.25) is 0 Å². The van der Waals surface area contributed by atoms with E-state index in [9.17, 15) is 134 Å². The highest BCUT2D eigenvalue weighted by Gasteiger charge is 2.48. The van der Waals surface area contributed by atoms with Gasteiger partial charge in [-0.1, -0.05) is 0 Å². The molecule has 3 aromatic rings. The molecule has 800 valence electrons. The van der Waals surface area contributed by atoms with Gasteiger partial charge in [0.25, 0.3) is 11.8 Å². The second-order valence-electron chi connectivity index (χ2n) is 31.6. The minimum absolute atomic E-state index is 0.0106. The van der Waals surface area contributed by atoms with Crippen LogP contribution >= 0.6 is 0 Å². The predicted molar refractivity (Wildman–Crippen MR) is 473 cm³/mol. The first-order valence-corrected chi connectivity index (χ1v) is 45.2. The number of nitrogens with one attached hydrogen (secondary N) is 10. The number of rotatable bonds is 67. The summed E-state index contributed by atoms with van der Waals surface area (Å²) in [5.41, 5.74) is -0.0457. The van der Waals surface area contributed by atoms with Gasteiger partial charge in [0.15, 0.2) is 25.2 Å². The molecule has 10 amide bonds. The Balaban J connectivity index is 0.878. The summed E-state index contributed by atoms with van der Waals surface area (Å²) < 4.78 is 104. The maximum Gasteiger partial charge on any atom is 0.338 e. The van der Waals surface area contributed by atoms with Gasteiger partial charge in [0, 0.05) is 55.5 Å². The van der Waals surface area contributed by atoms with Gasteiger partial charge in [-0.2, -0.15) is 0 Å². The van der Waals surface area contributed by atoms with Crippen molar-refractivity contribution >= 4 is 65.0 Å². The second kappa shape index (κ2) is 65.0. The molecular formula is C86H130N10O46. The Morgan fingerprint density at radius 2 is 0.437 bits per heavy atom. The third-order valence-corrected chi connectivity index (χ3v) is 20.6. The van der Waals surface area contributed by atoms with Crippen molar-refractivity contribution in [1.82, 2.24) is 53.2 Å². The van der Waals surface area contributed by atoms with E-state index in [-0.39, 0.29) is 208 Å². The van der Waals surface area contributed by atoms with Gasteiger partial charge >= 0.3 is 5.97 Å². The normalized spacial score (nSPS) is 24.1. The quantitative estimate of drug-likeness (QED) is 0.0184. The van der Waals surface area contributed by atoms with Gasteiger partial charge in [0.05, 0.1) is 105 Å². The van der Waals surface area contributed by atoms with Crippen LogP contribution in [-0.2, 0) is 99.9 Å². The molecule has 4 fully saturated rings. The zero-order valence-corrected chi connectivity index (χ0v) is 77.6. The number of hydrogen-bond acceptors (Lipinski definition) is 46. The summed E-state index contributed by atoms with van der Waals surface area (Å²) >= 11 is 0. The first-order chi connectivity index (χ1) is 68.2. The van der Waals surface area contributed by atoms with Crippen LogP contribution in [0.3, 0.4) is 0 Å². The summed E-state index contributed by atoms with van der Waals surface area (Å²) in [7, 11) is 1.14. The van der Waals surface area contributed by atoms with Crippen LogP contribution in [0.1, 0.15) is 56.8 Å². The Morgan fingerprint density at radius 1 is 0.246 bits per heavy atom. The largest absolute Gasteiger partial charge is 0.492 e. The fourth-order valence-electron chi connectivity index (χ4n) is 13.2. The highest BCUT2D eigenvalue weighted by Crippen LogP contribution is 2.30. The van der Waals surface area contributed by atoms with Gasteiger partial charge in [-0.3, -0.25) is 47.9 Å². The monoisotopic (exact) mass is 2040 g/mol. The molecule has 0 unspecified atom stereocenters. The fraction of sp³-hybridized carbons (Fsp3) is 0.663. The highest BCUT2D eigenvalue weighted by molar-refractivity contribution is 5.96. The number of carbonyl (C=O) groups is 11. The van der Waals surface area contributed by atoms with Gasteiger partial charge in [-0.05, 0) is 62.1 Å². The van der Waals surface area contributed by atoms with Gasteiger partial charge in [-0.25, -0.2) is 4.79 Å². The van der Waals surface area contributed by atoms with Crippen LogP contribution < -0.4 is 81.6 Å². The summed E-state index contributed by atoms with van der Waals surface area (Å²) in [6.07, 6.45) is -28.5. The molecule has 56 heteroatoms. The summed E-state index contributed by atoms with van der Waals surface area (Å²) in [4.78, 5) is 141. The number of aliphatic hydroxyl groups is 16. The lowest BCUT2D eigenvalue weighted by Gasteiger charge is -2.39. The van der Waals surface area contributed by atoms with Crippen molar-refractivity contribution in [2.24, 2.45) is 0 Å². The Morgan fingerprint density at radius 3 is 0.634 bits per heavy atom. The van der Waals surface area contributed by atoms with Crippen molar-refractivity contribution in [3.05, 3.63) is 71.3 Å². The number of methoxy groups -OCH3 is 1. The Labute approximate surface area is 811 Å². The van der Waals surface area contributed by atoms with Crippen LogP contribution in [0.15, 0.2) is 54.6 Å². The molecule has 4 heterocycles. The topological polar surface area (TPSA) is 807 Å². The van der Waals surface area contributed by atoms with Crippen LogP contribution in [0.25, 0.3) is 0 Å². The smallest absolute Gasteiger partial charge is 0.338 e. The zero-order chi connectivity index (χ0) is 103. The third kappa shape index (κ3) is 42.1. The van der Waals surface area contributed by atoms with Crippen molar-refractivity contribution in [3.63, 3.8) is 0 Å². The predicted octanol–water partition coefficient (Wildman–Crippen LogP) is -13.6. The minimum atomic E-state index is -1.63. The molecule has 0 aliphatic carbocycles. The third-order valence-electron chi connectivity index (χ3n) is 20.6. The molecule has 4 aliphatic heterocycles. The molecule has 4 aliphatic rings. The van der Waals surface area contributed by atoms with E-state index < -0.39 is 267 Å². The second-order valence-corrected chi connectivity index (χ2v) is 31.6. The highest BCUT2D eigenvalue weighted by atomic mass is 16.7. The summed E-state index contributed by atoms with van der Waals surface area (Å²) in [6, 6.07) is 12.3. The number of amides is 10. The molecule has 142 heavy (non-hydrogen) atoms. The number of ether oxygens (including phenoxy) is 19. The van der Waals surface area contributed by atoms with Crippen LogP contribution in [0.5, 0.6) is 34.5 Å². The molecule has 0 spiro atoms. The summed E-state index contributed by atoms with van der Waals surface area (Å²) in [5.74, 6) is -6.63. The van der Waals surface area contributed by atoms with Crippen LogP contribution in [0, 0.1) is 0 Å². The van der Waals surface area contributed by atoms with Crippen molar-refractivity contribution in [2.45, 2.75) is 149 Å². The molecule has 0 bridgehead atoms. The average molecular weight is 2040 g/mol. The number of aliphatic hydroxyl groups excluding tert-OH is 16. The van der Waals surface area contributed by atoms with E-state index in [1.54, 1.807) is 0 Å². The van der Waals surface area contributed by atoms with Gasteiger partial charge in [0.1, 0.15) is 225 Å². The molecule has 56 nitrogen and oxygen atoms in total. The maximum atomic E-state index is 13.9. The summed E-state index contributed by atoms with van der Waals surface area (Å²) in [5, 5.41) is 184. The SMILES string of the molecule is COC(=O)c1cc(OCCNC(=O)c2cc(OCCNC(=O)COCC(=O)NCCCO[C@H]3O[C@H](CO)[C@@H](O)[C@H](O)[C@@H]3O)cc(OCCNC(=O)COCC(=O)NCCCO[C@H]3O[C@H](CO)[C@@H](O)[C@H](O)[C@@H]3O)c2)cc(OCCNC(=O)c2cc(OCCNC(=O)COCC(=O)NCCCO[C@H]3O[C@H](CO)[C@@H](O)[C@H](O)[C@@H]3O)cc(OCCNC(=O)COCC(=O)NCCCO[C@H]3O[C@H](CO)[C@@H](O)[C@H](O)[C@@H]3O)c2)c1. The van der Waals surface area contributed by atoms with Crippen molar-refractivity contribution < 1.29 is 224 Å². The van der Waals surface area contributed by atoms with E-state index in [1.807, 2.05) is 0 Å². The Hall–Kier alpha value is -10.5. The number of esters is 1. The minimum Gasteiger partial charge on any atom is -0.492 e. The van der Waals surface area contributed by atoms with E-state index in [4.69, 9.17) is 90.0 Å². The maximum absolute atomic E-state index is 13.9. The Kier molecular flexibility index (Phi) is 54.2. The molecule has 0 saturated carbocycles. The molecule has 20 atom stereocenters. The molecule has 0 aromatic heterocycles. The van der Waals surface area contributed by atoms with Crippen molar-refractivity contribution in [2.75, 3.05) is 218 Å². The van der Waals surface area contributed by atoms with Gasteiger partial charge in [0.2, 0.25) is 47.3 Å². The molecule has 4 saturated heterocycles. The average Bonchev–Trinajstić information content (AvgIpc) is 0.822. The lowest BCUT2D eigenvalue weighted by molar-refractivity contribution is -0.301. The van der Waals surface area contributed by atoms with Crippen molar-refractivity contribution in [1.29, 1.82) is 0 Å². The van der Waals surface area contributed by atoms with Crippen molar-refractivity contribution in [3.8, 4) is 34.5 Å². The van der Waals surface area contributed by atoms with Crippen LogP contribution in [-0.4, -0.2) is 487 Å². The first-order valence-electron chi connectivity index (χ1n) is 45.2. The fourth-order valence-corrected chi connectivity index (χ4v) is 13.2. The molecule has 26 N–H and O–H groups in total. The van der Waals surface area contributed by atoms with E-state index >= 15 is 0 Å². The van der Waals surface area contributed by atoms with Crippen LogP contribution in [0.4, 0.5) is 0 Å². The molecule has 0 radical (unpaired) electrons. The standard InChI is InChI=1S/C86H130N10O46/c1-124-82(123)49-30-54(133-24-14-95-80(121)47-26-50(129-20-10-91-64(105)43-125-39-60(101)87-6-2-16-135-83-76(117)72(113)68(109)56(35-97)139-83)32-51(27-47)130-21-11-92-65(106)44-126-40-61(102)88-7-3-17-136-84-77(118)73(114)69(110)57(36-98)140-84)34-55(31-49)134-25-15-96-81(122)48-28-52(131-22-12-93-66(107)45-127-41-62(103)89-8-4-18-137-85-78(119)74(115)70(111)58(37-99)141-85)33-53(29-48)132-23-13-94-67(108)46-128-42-63(104)90-9-5-19-138-86-79(120)75(116)71(112)59(38-100)142-86/h26-34,56-59,68-79,83-86,97-100,109-120H,2-25,35-46H2,1H3,(H,87,101)(H,88,102)(H,89,103)(H,90,104)(H,91,105)(H,92,106)(H,93,107)(H,94,108)(H,95,121)(H,96,122)/t56-,57-,58-,59-,68-,69-,70-,71-,72+,73+,74+,75+,76+,77+,78+,79+,83+,84+,85+,86+/m1/s1. The number of benzene rings is 3.